The number of aromatic nitrogens is 2. The van der Waals surface area contributed by atoms with E-state index in [4.69, 9.17) is 13.9 Å². The maximum Gasteiger partial charge on any atom is 0.176 e. The fourth-order valence-electron chi connectivity index (χ4n) is 2.44. The first kappa shape index (κ1) is 12.7. The first-order chi connectivity index (χ1) is 9.47. The maximum absolute atomic E-state index is 5.75. The number of aryl methyl sites for hydroxylation is 3. The average Bonchev–Trinajstić information content (AvgIpc) is 2.90. The zero-order chi connectivity index (χ0) is 14.4. The molecule has 0 aliphatic rings. The van der Waals surface area contributed by atoms with Crippen molar-refractivity contribution in [3.63, 3.8) is 0 Å². The summed E-state index contributed by atoms with van der Waals surface area (Å²) in [6.07, 6.45) is 0. The lowest BCUT2D eigenvalue weighted by Crippen LogP contribution is -2.11. The van der Waals surface area contributed by atoms with E-state index in [-0.39, 0.29) is 0 Å². The molecule has 3 rings (SSSR count). The van der Waals surface area contributed by atoms with E-state index in [0.717, 1.165) is 45.3 Å². The molecule has 0 aromatic carbocycles. The van der Waals surface area contributed by atoms with E-state index >= 15 is 0 Å². The van der Waals surface area contributed by atoms with Crippen molar-refractivity contribution in [3.8, 4) is 11.3 Å². The zero-order valence-corrected chi connectivity index (χ0v) is 12.3. The molecule has 0 atom stereocenters. The van der Waals surface area contributed by atoms with Crippen molar-refractivity contribution in [3.05, 3.63) is 29.3 Å². The van der Waals surface area contributed by atoms with Crippen LogP contribution in [0.15, 0.2) is 21.1 Å². The van der Waals surface area contributed by atoms with E-state index in [9.17, 15) is 0 Å². The van der Waals surface area contributed by atoms with Gasteiger partial charge in [0.1, 0.15) is 11.5 Å². The largest absolute Gasteiger partial charge is 0.457 e. The Bertz CT molecular complexity index is 764. The molecule has 0 aliphatic carbocycles. The normalized spacial score (nSPS) is 11.2. The van der Waals surface area contributed by atoms with E-state index in [2.05, 4.69) is 5.16 Å². The fraction of sp³-hybridized carbons (Fsp3) is 0.333. The van der Waals surface area contributed by atoms with E-state index in [0.29, 0.717) is 0 Å². The minimum Gasteiger partial charge on any atom is -0.457 e. The molecule has 5 heteroatoms. The van der Waals surface area contributed by atoms with Crippen LogP contribution in [0.3, 0.4) is 0 Å². The number of hydrogen-bond donors (Lipinski definition) is 0. The summed E-state index contributed by atoms with van der Waals surface area (Å²) in [6.45, 7) is 5.76. The van der Waals surface area contributed by atoms with Crippen LogP contribution in [0.1, 0.15) is 17.2 Å². The third-order valence-electron chi connectivity index (χ3n) is 3.32. The molecule has 0 saturated heterocycles. The minimum atomic E-state index is 0.777. The van der Waals surface area contributed by atoms with Crippen molar-refractivity contribution >= 4 is 16.8 Å². The van der Waals surface area contributed by atoms with Crippen molar-refractivity contribution in [1.29, 1.82) is 0 Å². The molecule has 0 radical (unpaired) electrons. The summed E-state index contributed by atoms with van der Waals surface area (Å²) in [6, 6.07) is 4.04. The van der Waals surface area contributed by atoms with Gasteiger partial charge < -0.3 is 13.8 Å². The minimum absolute atomic E-state index is 0.777. The van der Waals surface area contributed by atoms with E-state index < -0.39 is 0 Å². The van der Waals surface area contributed by atoms with E-state index in [1.165, 1.54) is 0 Å². The topological polar surface area (TPSA) is 55.3 Å². The highest BCUT2D eigenvalue weighted by Gasteiger charge is 2.18. The zero-order valence-electron chi connectivity index (χ0n) is 12.3. The van der Waals surface area contributed by atoms with Crippen LogP contribution in [0.4, 0.5) is 5.82 Å². The Labute approximate surface area is 117 Å². The molecule has 0 saturated carbocycles. The molecule has 3 aromatic heterocycles. The molecule has 0 unspecified atom stereocenters. The van der Waals surface area contributed by atoms with Gasteiger partial charge in [0.2, 0.25) is 0 Å². The highest BCUT2D eigenvalue weighted by molar-refractivity contribution is 5.91. The molecule has 0 spiro atoms. The fourth-order valence-corrected chi connectivity index (χ4v) is 2.44. The molecule has 0 bridgehead atoms. The second kappa shape index (κ2) is 4.37. The standard InChI is InChI=1S/C15H17N3O2/c1-8-6-11-7-12(13-9(2)17-20-10(13)3)16-15(18(4)5)14(11)19-8/h6-7H,1-5H3. The highest BCUT2D eigenvalue weighted by Crippen LogP contribution is 2.33. The third-order valence-corrected chi connectivity index (χ3v) is 3.32. The van der Waals surface area contributed by atoms with Crippen molar-refractivity contribution in [2.75, 3.05) is 19.0 Å². The second-order valence-electron chi connectivity index (χ2n) is 5.20. The van der Waals surface area contributed by atoms with E-state index in [1.54, 1.807) is 0 Å². The Kier molecular flexibility index (Phi) is 2.78. The van der Waals surface area contributed by atoms with Gasteiger partial charge in [-0.2, -0.15) is 0 Å². The Hall–Kier alpha value is -2.30. The number of fused-ring (bicyclic) bond motifs is 1. The highest BCUT2D eigenvalue weighted by atomic mass is 16.5. The third kappa shape index (κ3) is 1.86. The van der Waals surface area contributed by atoms with Crippen LogP contribution in [-0.2, 0) is 0 Å². The first-order valence-corrected chi connectivity index (χ1v) is 6.49. The lowest BCUT2D eigenvalue weighted by molar-refractivity contribution is 0.393. The predicted octanol–water partition coefficient (Wildman–Crippen LogP) is 3.47. The molecule has 0 amide bonds. The maximum atomic E-state index is 5.75. The van der Waals surface area contributed by atoms with Gasteiger partial charge in [-0.15, -0.1) is 0 Å². The number of furan rings is 1. The molecule has 104 valence electrons. The molecule has 5 nitrogen and oxygen atoms in total. The van der Waals surface area contributed by atoms with Gasteiger partial charge in [0.05, 0.1) is 17.0 Å². The van der Waals surface area contributed by atoms with Crippen LogP contribution >= 0.6 is 0 Å². The predicted molar refractivity (Wildman–Crippen MR) is 78.0 cm³/mol. The second-order valence-corrected chi connectivity index (χ2v) is 5.20. The number of nitrogens with zero attached hydrogens (tertiary/aromatic N) is 3. The number of hydrogen-bond acceptors (Lipinski definition) is 5. The van der Waals surface area contributed by atoms with Gasteiger partial charge in [-0.3, -0.25) is 0 Å². The van der Waals surface area contributed by atoms with Gasteiger partial charge >= 0.3 is 0 Å². The molecular weight excluding hydrogens is 254 g/mol. The van der Waals surface area contributed by atoms with Gasteiger partial charge in [0, 0.05) is 19.5 Å². The number of anilines is 1. The van der Waals surface area contributed by atoms with Gasteiger partial charge in [-0.1, -0.05) is 5.16 Å². The van der Waals surface area contributed by atoms with Crippen molar-refractivity contribution in [2.45, 2.75) is 20.8 Å². The molecule has 3 heterocycles. The summed E-state index contributed by atoms with van der Waals surface area (Å²) < 4.78 is 11.0. The molecule has 0 N–H and O–H groups in total. The van der Waals surface area contributed by atoms with Crippen LogP contribution < -0.4 is 4.90 Å². The molecular formula is C15H17N3O2. The number of pyridine rings is 1. The van der Waals surface area contributed by atoms with Crippen LogP contribution in [0, 0.1) is 20.8 Å². The van der Waals surface area contributed by atoms with Crippen LogP contribution in [0.2, 0.25) is 0 Å². The van der Waals surface area contributed by atoms with E-state index in [1.807, 2.05) is 51.9 Å². The SMILES string of the molecule is Cc1cc2cc(-c3c(C)noc3C)nc(N(C)C)c2o1. The Morgan fingerprint density at radius 3 is 2.45 bits per heavy atom. The number of rotatable bonds is 2. The average molecular weight is 271 g/mol. The molecule has 20 heavy (non-hydrogen) atoms. The summed E-state index contributed by atoms with van der Waals surface area (Å²) >= 11 is 0. The summed E-state index contributed by atoms with van der Waals surface area (Å²) in [7, 11) is 3.91. The van der Waals surface area contributed by atoms with Gasteiger partial charge in [0.25, 0.3) is 0 Å². The van der Waals surface area contributed by atoms with Crippen molar-refractivity contribution in [2.24, 2.45) is 0 Å². The summed E-state index contributed by atoms with van der Waals surface area (Å²) in [5, 5.41) is 5.04. The van der Waals surface area contributed by atoms with Crippen LogP contribution in [0.25, 0.3) is 22.2 Å². The molecule has 0 fully saturated rings. The van der Waals surface area contributed by atoms with Gasteiger partial charge in [-0.25, -0.2) is 4.98 Å². The summed E-state index contributed by atoms with van der Waals surface area (Å²) in [5.74, 6) is 2.46. The van der Waals surface area contributed by atoms with Crippen LogP contribution in [-0.4, -0.2) is 24.2 Å². The Morgan fingerprint density at radius 1 is 1.10 bits per heavy atom. The summed E-state index contributed by atoms with van der Waals surface area (Å²) in [5.41, 5.74) is 3.47. The first-order valence-electron chi connectivity index (χ1n) is 6.49. The Balaban J connectivity index is 2.32. The lowest BCUT2D eigenvalue weighted by atomic mass is 10.1. The van der Waals surface area contributed by atoms with Gasteiger partial charge in [-0.05, 0) is 32.9 Å². The quantitative estimate of drug-likeness (QED) is 0.714. The van der Waals surface area contributed by atoms with Crippen molar-refractivity contribution in [1.82, 2.24) is 10.1 Å². The monoisotopic (exact) mass is 271 g/mol. The molecule has 3 aromatic rings. The lowest BCUT2D eigenvalue weighted by Gasteiger charge is -2.13. The van der Waals surface area contributed by atoms with Crippen molar-refractivity contribution < 1.29 is 8.94 Å². The molecule has 0 aliphatic heterocycles. The summed E-state index contributed by atoms with van der Waals surface area (Å²) in [4.78, 5) is 6.66. The van der Waals surface area contributed by atoms with Gasteiger partial charge in [0.15, 0.2) is 11.4 Å². The van der Waals surface area contributed by atoms with Crippen LogP contribution in [0.5, 0.6) is 0 Å². The Morgan fingerprint density at radius 2 is 1.85 bits per heavy atom. The smallest absolute Gasteiger partial charge is 0.176 e.